The van der Waals surface area contributed by atoms with Gasteiger partial charge in [0.2, 0.25) is 0 Å². The van der Waals surface area contributed by atoms with Crippen molar-refractivity contribution in [3.63, 3.8) is 0 Å². The highest BCUT2D eigenvalue weighted by Gasteiger charge is 2.06. The number of nitrogens with one attached hydrogen (secondary N) is 1. The fourth-order valence-electron chi connectivity index (χ4n) is 2.14. The Bertz CT molecular complexity index is 583. The maximum Gasteiger partial charge on any atom is 0.0234 e. The lowest BCUT2D eigenvalue weighted by molar-refractivity contribution is 0.669. The van der Waals surface area contributed by atoms with E-state index in [-0.39, 0.29) is 0 Å². The zero-order valence-corrected chi connectivity index (χ0v) is 15.1. The van der Waals surface area contributed by atoms with Crippen LogP contribution in [-0.4, -0.2) is 6.54 Å². The van der Waals surface area contributed by atoms with Gasteiger partial charge in [0.1, 0.15) is 0 Å². The Hall–Kier alpha value is -0.770. The second-order valence-electron chi connectivity index (χ2n) is 5.14. The van der Waals surface area contributed by atoms with Crippen molar-refractivity contribution in [2.45, 2.75) is 37.5 Å². The molecular weight excluding hydrogens is 342 g/mol. The van der Waals surface area contributed by atoms with Crippen LogP contribution in [0.1, 0.15) is 30.0 Å². The van der Waals surface area contributed by atoms with Crippen molar-refractivity contribution in [2.75, 3.05) is 6.54 Å². The molecule has 0 heterocycles. The van der Waals surface area contributed by atoms with Crippen LogP contribution in [-0.2, 0) is 12.3 Å². The first-order valence-corrected chi connectivity index (χ1v) is 9.15. The number of thioether (sulfide) groups is 1. The molecule has 2 aromatic rings. The Morgan fingerprint density at radius 2 is 1.90 bits per heavy atom. The van der Waals surface area contributed by atoms with E-state index in [9.17, 15) is 0 Å². The van der Waals surface area contributed by atoms with Crippen molar-refractivity contribution in [3.05, 3.63) is 63.6 Å². The van der Waals surface area contributed by atoms with Crippen LogP contribution in [0, 0.1) is 6.92 Å². The summed E-state index contributed by atoms with van der Waals surface area (Å²) in [6, 6.07) is 15.2. The van der Waals surface area contributed by atoms with Gasteiger partial charge in [0.25, 0.3) is 0 Å². The van der Waals surface area contributed by atoms with Gasteiger partial charge in [-0.3, -0.25) is 0 Å². The largest absolute Gasteiger partial charge is 0.313 e. The van der Waals surface area contributed by atoms with Gasteiger partial charge in [-0.2, -0.15) is 0 Å². The third-order valence-electron chi connectivity index (χ3n) is 3.42. The SMILES string of the molecule is CCCNCc1ccc(Br)cc1SCc1ccccc1C. The van der Waals surface area contributed by atoms with E-state index in [1.807, 2.05) is 11.8 Å². The van der Waals surface area contributed by atoms with Crippen LogP contribution in [0.3, 0.4) is 0 Å². The summed E-state index contributed by atoms with van der Waals surface area (Å²) in [5.74, 6) is 1.02. The molecule has 0 radical (unpaired) electrons. The van der Waals surface area contributed by atoms with Crippen LogP contribution in [0.15, 0.2) is 51.8 Å². The third kappa shape index (κ3) is 5.17. The monoisotopic (exact) mass is 363 g/mol. The summed E-state index contributed by atoms with van der Waals surface area (Å²) in [5.41, 5.74) is 4.16. The first kappa shape index (κ1) is 16.6. The van der Waals surface area contributed by atoms with Gasteiger partial charge in [0.05, 0.1) is 0 Å². The second kappa shape index (κ2) is 8.62. The molecular formula is C18H22BrNS. The quantitative estimate of drug-likeness (QED) is 0.511. The summed E-state index contributed by atoms with van der Waals surface area (Å²) < 4.78 is 1.15. The molecule has 2 aromatic carbocycles. The van der Waals surface area contributed by atoms with Crippen molar-refractivity contribution in [2.24, 2.45) is 0 Å². The topological polar surface area (TPSA) is 12.0 Å². The van der Waals surface area contributed by atoms with Crippen LogP contribution in [0.25, 0.3) is 0 Å². The number of benzene rings is 2. The summed E-state index contributed by atoms with van der Waals surface area (Å²) in [6.45, 7) is 6.39. The standard InChI is InChI=1S/C18H22BrNS/c1-3-10-20-12-15-8-9-17(19)11-18(15)21-13-16-7-5-4-6-14(16)2/h4-9,11,20H,3,10,12-13H2,1-2H3. The zero-order chi connectivity index (χ0) is 15.1. The van der Waals surface area contributed by atoms with Crippen molar-refractivity contribution in [3.8, 4) is 0 Å². The smallest absolute Gasteiger partial charge is 0.0234 e. The number of halogens is 1. The number of hydrogen-bond acceptors (Lipinski definition) is 2. The van der Waals surface area contributed by atoms with Crippen LogP contribution >= 0.6 is 27.7 Å². The van der Waals surface area contributed by atoms with Crippen LogP contribution in [0.2, 0.25) is 0 Å². The van der Waals surface area contributed by atoms with Gasteiger partial charge in [-0.25, -0.2) is 0 Å². The van der Waals surface area contributed by atoms with Crippen molar-refractivity contribution in [1.82, 2.24) is 5.32 Å². The third-order valence-corrected chi connectivity index (χ3v) is 5.06. The molecule has 0 fully saturated rings. The molecule has 0 saturated carbocycles. The molecule has 112 valence electrons. The molecule has 0 unspecified atom stereocenters. The summed E-state index contributed by atoms with van der Waals surface area (Å²) in [4.78, 5) is 1.36. The molecule has 3 heteroatoms. The molecule has 2 rings (SSSR count). The Kier molecular flexibility index (Phi) is 6.81. The maximum absolute atomic E-state index is 3.59. The first-order chi connectivity index (χ1) is 10.2. The molecule has 1 nitrogen and oxygen atoms in total. The lowest BCUT2D eigenvalue weighted by Gasteiger charge is -2.12. The summed E-state index contributed by atoms with van der Waals surface area (Å²) in [5, 5.41) is 3.49. The summed E-state index contributed by atoms with van der Waals surface area (Å²) in [6.07, 6.45) is 1.17. The van der Waals surface area contributed by atoms with E-state index in [1.54, 1.807) is 0 Å². The molecule has 0 saturated heterocycles. The highest BCUT2D eigenvalue weighted by molar-refractivity contribution is 9.10. The minimum atomic E-state index is 0.942. The molecule has 0 amide bonds. The first-order valence-electron chi connectivity index (χ1n) is 7.37. The molecule has 0 bridgehead atoms. The van der Waals surface area contributed by atoms with Crippen LogP contribution in [0.5, 0.6) is 0 Å². The van der Waals surface area contributed by atoms with Crippen molar-refractivity contribution >= 4 is 27.7 Å². The van der Waals surface area contributed by atoms with Gasteiger partial charge < -0.3 is 5.32 Å². The average molecular weight is 364 g/mol. The predicted molar refractivity (Wildman–Crippen MR) is 96.9 cm³/mol. The molecule has 0 aliphatic carbocycles. The Morgan fingerprint density at radius 1 is 1.10 bits per heavy atom. The Balaban J connectivity index is 2.07. The molecule has 0 atom stereocenters. The van der Waals surface area contributed by atoms with E-state index in [0.29, 0.717) is 0 Å². The number of hydrogen-bond donors (Lipinski definition) is 1. The van der Waals surface area contributed by atoms with E-state index >= 15 is 0 Å². The van der Waals surface area contributed by atoms with Gasteiger partial charge in [0, 0.05) is 21.7 Å². The minimum Gasteiger partial charge on any atom is -0.313 e. The van der Waals surface area contributed by atoms with E-state index < -0.39 is 0 Å². The summed E-state index contributed by atoms with van der Waals surface area (Å²) >= 11 is 5.50. The van der Waals surface area contributed by atoms with Gasteiger partial charge in [-0.15, -0.1) is 11.8 Å². The fraction of sp³-hybridized carbons (Fsp3) is 0.333. The molecule has 0 aliphatic rings. The predicted octanol–water partition coefficient (Wildman–Crippen LogP) is 5.55. The normalized spacial score (nSPS) is 10.8. The number of aryl methyl sites for hydroxylation is 1. The van der Waals surface area contributed by atoms with Gasteiger partial charge in [-0.05, 0) is 48.7 Å². The fourth-order valence-corrected chi connectivity index (χ4v) is 3.82. The average Bonchev–Trinajstić information content (AvgIpc) is 2.48. The minimum absolute atomic E-state index is 0.942. The van der Waals surface area contributed by atoms with Crippen LogP contribution in [0.4, 0.5) is 0 Å². The summed E-state index contributed by atoms with van der Waals surface area (Å²) in [7, 11) is 0. The lowest BCUT2D eigenvalue weighted by atomic mass is 10.1. The second-order valence-corrected chi connectivity index (χ2v) is 7.08. The Morgan fingerprint density at radius 3 is 2.67 bits per heavy atom. The zero-order valence-electron chi connectivity index (χ0n) is 12.7. The maximum atomic E-state index is 3.59. The molecule has 21 heavy (non-hydrogen) atoms. The van der Waals surface area contributed by atoms with Gasteiger partial charge >= 0.3 is 0 Å². The van der Waals surface area contributed by atoms with E-state index in [2.05, 4.69) is 77.6 Å². The molecule has 0 spiro atoms. The highest BCUT2D eigenvalue weighted by atomic mass is 79.9. The molecule has 1 N–H and O–H groups in total. The lowest BCUT2D eigenvalue weighted by Crippen LogP contribution is -2.14. The van der Waals surface area contributed by atoms with Crippen LogP contribution < -0.4 is 5.32 Å². The number of rotatable bonds is 7. The van der Waals surface area contributed by atoms with Gasteiger partial charge in [-0.1, -0.05) is 53.2 Å². The van der Waals surface area contributed by atoms with Crippen molar-refractivity contribution in [1.29, 1.82) is 0 Å². The Labute approximate surface area is 140 Å². The van der Waals surface area contributed by atoms with E-state index in [4.69, 9.17) is 0 Å². The molecule has 0 aliphatic heterocycles. The molecule has 0 aromatic heterocycles. The van der Waals surface area contributed by atoms with Gasteiger partial charge in [0.15, 0.2) is 0 Å². The highest BCUT2D eigenvalue weighted by Crippen LogP contribution is 2.30. The van der Waals surface area contributed by atoms with E-state index in [0.717, 1.165) is 23.3 Å². The van der Waals surface area contributed by atoms with Crippen molar-refractivity contribution < 1.29 is 0 Å². The van der Waals surface area contributed by atoms with E-state index in [1.165, 1.54) is 28.0 Å².